The summed E-state index contributed by atoms with van der Waals surface area (Å²) in [4.78, 5) is 29.3. The third kappa shape index (κ3) is 5.53. The van der Waals surface area contributed by atoms with Gasteiger partial charge in [-0.25, -0.2) is 9.67 Å². The standard InChI is InChI=1S/C23H27N5O2/c1-16(2)13-21(29)27-22(19-7-5-4-6-8-19)23(30)26-17(3)18-9-11-20(12-10-18)28-15-24-14-25-28/h4-12,14-17,22H,13H2,1-3H3,(H,26,30)(H,27,29). The molecule has 30 heavy (non-hydrogen) atoms. The van der Waals surface area contributed by atoms with E-state index in [9.17, 15) is 9.59 Å². The highest BCUT2D eigenvalue weighted by atomic mass is 16.2. The molecule has 7 nitrogen and oxygen atoms in total. The van der Waals surface area contributed by atoms with Gasteiger partial charge in [-0.2, -0.15) is 5.10 Å². The molecule has 0 radical (unpaired) electrons. The van der Waals surface area contributed by atoms with Crippen molar-refractivity contribution in [1.82, 2.24) is 25.4 Å². The summed E-state index contributed by atoms with van der Waals surface area (Å²) in [5, 5.41) is 10.0. The molecule has 0 aliphatic rings. The van der Waals surface area contributed by atoms with E-state index in [1.165, 1.54) is 6.33 Å². The van der Waals surface area contributed by atoms with Crippen molar-refractivity contribution in [1.29, 1.82) is 0 Å². The summed E-state index contributed by atoms with van der Waals surface area (Å²) in [6.45, 7) is 5.87. The third-order valence-corrected chi connectivity index (χ3v) is 4.73. The van der Waals surface area contributed by atoms with Gasteiger partial charge in [-0.15, -0.1) is 0 Å². The van der Waals surface area contributed by atoms with Crippen LogP contribution in [0.25, 0.3) is 5.69 Å². The number of carbonyl (C=O) groups is 2. The van der Waals surface area contributed by atoms with E-state index in [2.05, 4.69) is 20.7 Å². The minimum Gasteiger partial charge on any atom is -0.347 e. The lowest BCUT2D eigenvalue weighted by Gasteiger charge is -2.22. The Hall–Kier alpha value is -3.48. The number of rotatable bonds is 8. The Kier molecular flexibility index (Phi) is 6.95. The third-order valence-electron chi connectivity index (χ3n) is 4.73. The van der Waals surface area contributed by atoms with E-state index in [4.69, 9.17) is 0 Å². The zero-order valence-corrected chi connectivity index (χ0v) is 17.4. The minimum absolute atomic E-state index is 0.140. The molecule has 2 aromatic carbocycles. The van der Waals surface area contributed by atoms with Crippen molar-refractivity contribution in [3.8, 4) is 5.69 Å². The molecule has 0 spiro atoms. The molecule has 0 fully saturated rings. The van der Waals surface area contributed by atoms with Crippen molar-refractivity contribution in [2.24, 2.45) is 5.92 Å². The Balaban J connectivity index is 1.71. The molecule has 3 rings (SSSR count). The number of nitrogens with one attached hydrogen (secondary N) is 2. The fraction of sp³-hybridized carbons (Fsp3) is 0.304. The van der Waals surface area contributed by atoms with Gasteiger partial charge in [-0.3, -0.25) is 9.59 Å². The van der Waals surface area contributed by atoms with E-state index in [-0.39, 0.29) is 23.8 Å². The van der Waals surface area contributed by atoms with Gasteiger partial charge in [-0.1, -0.05) is 56.3 Å². The van der Waals surface area contributed by atoms with Gasteiger partial charge in [0, 0.05) is 6.42 Å². The van der Waals surface area contributed by atoms with Crippen molar-refractivity contribution in [2.45, 2.75) is 39.3 Å². The maximum absolute atomic E-state index is 13.1. The van der Waals surface area contributed by atoms with Gasteiger partial charge in [0.2, 0.25) is 11.8 Å². The second kappa shape index (κ2) is 9.82. The summed E-state index contributed by atoms with van der Waals surface area (Å²) < 4.78 is 1.67. The Morgan fingerprint density at radius 3 is 2.23 bits per heavy atom. The normalized spacial score (nSPS) is 12.9. The monoisotopic (exact) mass is 405 g/mol. The highest BCUT2D eigenvalue weighted by molar-refractivity contribution is 5.89. The molecule has 0 saturated heterocycles. The van der Waals surface area contributed by atoms with Gasteiger partial charge in [0.05, 0.1) is 11.7 Å². The van der Waals surface area contributed by atoms with Crippen LogP contribution in [0.1, 0.15) is 50.4 Å². The SMILES string of the molecule is CC(C)CC(=O)NC(C(=O)NC(C)c1ccc(-n2cncn2)cc1)c1ccccc1. The van der Waals surface area contributed by atoms with Gasteiger partial charge in [0.25, 0.3) is 0 Å². The molecule has 0 bridgehead atoms. The first kappa shape index (κ1) is 21.2. The van der Waals surface area contributed by atoms with E-state index in [0.717, 1.165) is 16.8 Å². The second-order valence-electron chi connectivity index (χ2n) is 7.67. The summed E-state index contributed by atoms with van der Waals surface area (Å²) in [6, 6.07) is 16.0. The van der Waals surface area contributed by atoms with Crippen LogP contribution in [0.3, 0.4) is 0 Å². The van der Waals surface area contributed by atoms with E-state index < -0.39 is 6.04 Å². The number of aromatic nitrogens is 3. The number of nitrogens with zero attached hydrogens (tertiary/aromatic N) is 3. The smallest absolute Gasteiger partial charge is 0.247 e. The van der Waals surface area contributed by atoms with Crippen molar-refractivity contribution in [3.63, 3.8) is 0 Å². The first-order chi connectivity index (χ1) is 14.4. The fourth-order valence-electron chi connectivity index (χ4n) is 3.17. The maximum Gasteiger partial charge on any atom is 0.247 e. The number of benzene rings is 2. The van der Waals surface area contributed by atoms with Gasteiger partial charge < -0.3 is 10.6 Å². The zero-order chi connectivity index (χ0) is 21.5. The molecule has 2 N–H and O–H groups in total. The van der Waals surface area contributed by atoms with Gasteiger partial charge in [-0.05, 0) is 36.1 Å². The Morgan fingerprint density at radius 2 is 1.63 bits per heavy atom. The molecular weight excluding hydrogens is 378 g/mol. The Morgan fingerprint density at radius 1 is 0.933 bits per heavy atom. The maximum atomic E-state index is 13.1. The molecule has 3 aromatic rings. The van der Waals surface area contributed by atoms with E-state index in [1.54, 1.807) is 11.0 Å². The van der Waals surface area contributed by atoms with Crippen molar-refractivity contribution < 1.29 is 9.59 Å². The van der Waals surface area contributed by atoms with Crippen molar-refractivity contribution in [2.75, 3.05) is 0 Å². The van der Waals surface area contributed by atoms with E-state index in [1.807, 2.05) is 75.4 Å². The van der Waals surface area contributed by atoms with Crippen LogP contribution in [0.15, 0.2) is 67.3 Å². The van der Waals surface area contributed by atoms with Crippen LogP contribution in [0.2, 0.25) is 0 Å². The quantitative estimate of drug-likeness (QED) is 0.601. The summed E-state index contributed by atoms with van der Waals surface area (Å²) in [7, 11) is 0. The Labute approximate surface area is 176 Å². The van der Waals surface area contributed by atoms with Crippen LogP contribution in [0.5, 0.6) is 0 Å². The summed E-state index contributed by atoms with van der Waals surface area (Å²) in [5.41, 5.74) is 2.59. The van der Waals surface area contributed by atoms with Crippen LogP contribution in [0, 0.1) is 5.92 Å². The first-order valence-corrected chi connectivity index (χ1v) is 10.0. The molecule has 1 heterocycles. The lowest BCUT2D eigenvalue weighted by Crippen LogP contribution is -2.41. The van der Waals surface area contributed by atoms with Gasteiger partial charge in [0.15, 0.2) is 0 Å². The molecule has 2 amide bonds. The second-order valence-corrected chi connectivity index (χ2v) is 7.67. The number of amides is 2. The highest BCUT2D eigenvalue weighted by Crippen LogP contribution is 2.19. The zero-order valence-electron chi connectivity index (χ0n) is 17.4. The van der Waals surface area contributed by atoms with Gasteiger partial charge >= 0.3 is 0 Å². The van der Waals surface area contributed by atoms with Crippen molar-refractivity contribution in [3.05, 3.63) is 78.4 Å². The predicted molar refractivity (Wildman–Crippen MR) is 115 cm³/mol. The lowest BCUT2D eigenvalue weighted by atomic mass is 10.0. The predicted octanol–water partition coefficient (Wildman–Crippen LogP) is 3.35. The molecule has 156 valence electrons. The molecule has 2 unspecified atom stereocenters. The lowest BCUT2D eigenvalue weighted by molar-refractivity contribution is -0.130. The molecule has 0 saturated carbocycles. The molecule has 7 heteroatoms. The first-order valence-electron chi connectivity index (χ1n) is 10.0. The summed E-state index contributed by atoms with van der Waals surface area (Å²) in [6.07, 6.45) is 3.48. The molecule has 0 aliphatic carbocycles. The average Bonchev–Trinajstić information content (AvgIpc) is 3.27. The summed E-state index contributed by atoms with van der Waals surface area (Å²) >= 11 is 0. The molecular formula is C23H27N5O2. The summed E-state index contributed by atoms with van der Waals surface area (Å²) in [5.74, 6) is -0.170. The van der Waals surface area contributed by atoms with Crippen molar-refractivity contribution >= 4 is 11.8 Å². The number of hydrogen-bond acceptors (Lipinski definition) is 4. The molecule has 2 atom stereocenters. The van der Waals surface area contributed by atoms with E-state index >= 15 is 0 Å². The fourth-order valence-corrected chi connectivity index (χ4v) is 3.17. The van der Waals surface area contributed by atoms with Crippen LogP contribution < -0.4 is 10.6 Å². The van der Waals surface area contributed by atoms with Crippen LogP contribution in [0.4, 0.5) is 0 Å². The number of carbonyl (C=O) groups excluding carboxylic acids is 2. The van der Waals surface area contributed by atoms with E-state index in [0.29, 0.717) is 6.42 Å². The Bertz CT molecular complexity index is 953. The highest BCUT2D eigenvalue weighted by Gasteiger charge is 2.24. The van der Waals surface area contributed by atoms with Crippen LogP contribution in [-0.2, 0) is 9.59 Å². The van der Waals surface area contributed by atoms with Crippen LogP contribution in [-0.4, -0.2) is 26.6 Å². The molecule has 0 aliphatic heterocycles. The molecule has 1 aromatic heterocycles. The topological polar surface area (TPSA) is 88.9 Å². The van der Waals surface area contributed by atoms with Crippen LogP contribution >= 0.6 is 0 Å². The largest absolute Gasteiger partial charge is 0.347 e. The number of hydrogen-bond donors (Lipinski definition) is 2. The minimum atomic E-state index is -0.741. The average molecular weight is 406 g/mol. The van der Waals surface area contributed by atoms with Gasteiger partial charge in [0.1, 0.15) is 18.7 Å².